The zero-order valence-corrected chi connectivity index (χ0v) is 11.7. The lowest BCUT2D eigenvalue weighted by Crippen LogP contribution is -2.31. The van der Waals surface area contributed by atoms with Crippen LogP contribution in [0.15, 0.2) is 54.6 Å². The van der Waals surface area contributed by atoms with Gasteiger partial charge in [-0.1, -0.05) is 54.6 Å². The van der Waals surface area contributed by atoms with Crippen LogP contribution >= 0.6 is 0 Å². The third-order valence-electron chi connectivity index (χ3n) is 4.13. The van der Waals surface area contributed by atoms with Gasteiger partial charge < -0.3 is 5.11 Å². The van der Waals surface area contributed by atoms with Crippen molar-refractivity contribution in [2.75, 3.05) is 19.6 Å². The normalized spacial score (nSPS) is 17.2. The number of hydrogen-bond donors (Lipinski definition) is 1. The van der Waals surface area contributed by atoms with Gasteiger partial charge in [0.15, 0.2) is 0 Å². The molecule has 0 fully saturated rings. The molecule has 2 nitrogen and oxygen atoms in total. The highest BCUT2D eigenvalue weighted by Crippen LogP contribution is 2.18. The predicted molar refractivity (Wildman–Crippen MR) is 81.7 cm³/mol. The molecule has 1 unspecified atom stereocenters. The summed E-state index contributed by atoms with van der Waals surface area (Å²) < 4.78 is 0. The van der Waals surface area contributed by atoms with Gasteiger partial charge in [0.2, 0.25) is 0 Å². The molecule has 2 heteroatoms. The fourth-order valence-corrected chi connectivity index (χ4v) is 2.92. The van der Waals surface area contributed by atoms with Crippen molar-refractivity contribution in [3.8, 4) is 0 Å². The van der Waals surface area contributed by atoms with E-state index in [0.717, 1.165) is 38.0 Å². The van der Waals surface area contributed by atoms with Gasteiger partial charge in [-0.05, 0) is 29.5 Å². The summed E-state index contributed by atoms with van der Waals surface area (Å²) in [6.45, 7) is 2.78. The van der Waals surface area contributed by atoms with Crippen LogP contribution in [-0.4, -0.2) is 29.6 Å². The van der Waals surface area contributed by atoms with Crippen LogP contribution in [0.4, 0.5) is 0 Å². The van der Waals surface area contributed by atoms with Crippen LogP contribution in [0.1, 0.15) is 22.8 Å². The van der Waals surface area contributed by atoms with Crippen LogP contribution in [0.3, 0.4) is 0 Å². The second-order valence-corrected chi connectivity index (χ2v) is 5.50. The zero-order valence-electron chi connectivity index (χ0n) is 11.7. The molecule has 0 amide bonds. The molecule has 1 aliphatic heterocycles. The van der Waals surface area contributed by atoms with Crippen molar-refractivity contribution < 1.29 is 5.11 Å². The third-order valence-corrected chi connectivity index (χ3v) is 4.13. The molecule has 0 bridgehead atoms. The van der Waals surface area contributed by atoms with Crippen LogP contribution in [0.2, 0.25) is 0 Å². The smallest absolute Gasteiger partial charge is 0.0916 e. The molecular weight excluding hydrogens is 246 g/mol. The van der Waals surface area contributed by atoms with Gasteiger partial charge in [0.1, 0.15) is 0 Å². The Labute approximate surface area is 120 Å². The molecule has 0 saturated heterocycles. The minimum atomic E-state index is -0.391. The standard InChI is InChI=1S/C18H21NO/c20-18(17-8-2-1-3-9-17)14-19-12-10-15-6-4-5-7-16(15)11-13-19/h1-9,18,20H,10-14H2. The first-order valence-corrected chi connectivity index (χ1v) is 7.35. The first-order chi connectivity index (χ1) is 9.83. The average molecular weight is 267 g/mol. The fourth-order valence-electron chi connectivity index (χ4n) is 2.92. The molecule has 2 aromatic carbocycles. The van der Waals surface area contributed by atoms with Crippen molar-refractivity contribution >= 4 is 0 Å². The van der Waals surface area contributed by atoms with Crippen LogP contribution < -0.4 is 0 Å². The van der Waals surface area contributed by atoms with Crippen LogP contribution in [0.25, 0.3) is 0 Å². The Morgan fingerprint density at radius 3 is 2.00 bits per heavy atom. The maximum Gasteiger partial charge on any atom is 0.0916 e. The Morgan fingerprint density at radius 2 is 1.40 bits per heavy atom. The van der Waals surface area contributed by atoms with Crippen LogP contribution in [0.5, 0.6) is 0 Å². The van der Waals surface area contributed by atoms with Crippen molar-refractivity contribution in [2.24, 2.45) is 0 Å². The summed E-state index contributed by atoms with van der Waals surface area (Å²) in [5.74, 6) is 0. The number of hydrogen-bond acceptors (Lipinski definition) is 2. The van der Waals surface area contributed by atoms with Gasteiger partial charge in [-0.3, -0.25) is 4.90 Å². The second-order valence-electron chi connectivity index (χ2n) is 5.50. The van der Waals surface area contributed by atoms with Gasteiger partial charge in [-0.25, -0.2) is 0 Å². The van der Waals surface area contributed by atoms with Crippen molar-refractivity contribution in [1.82, 2.24) is 4.90 Å². The summed E-state index contributed by atoms with van der Waals surface area (Å²) in [5.41, 5.74) is 3.93. The van der Waals surface area contributed by atoms with Gasteiger partial charge in [-0.2, -0.15) is 0 Å². The molecular formula is C18H21NO. The SMILES string of the molecule is OC(CN1CCc2ccccc2CC1)c1ccccc1. The summed E-state index contributed by atoms with van der Waals surface area (Å²) >= 11 is 0. The molecule has 0 aliphatic carbocycles. The molecule has 3 rings (SSSR count). The average Bonchev–Trinajstić information content (AvgIpc) is 2.71. The lowest BCUT2D eigenvalue weighted by atomic mass is 10.0. The summed E-state index contributed by atoms with van der Waals surface area (Å²) in [4.78, 5) is 2.37. The van der Waals surface area contributed by atoms with E-state index in [2.05, 4.69) is 29.2 Å². The zero-order chi connectivity index (χ0) is 13.8. The molecule has 0 spiro atoms. The highest BCUT2D eigenvalue weighted by Gasteiger charge is 2.17. The number of benzene rings is 2. The predicted octanol–water partition coefficient (Wildman–Crippen LogP) is 2.82. The molecule has 0 aromatic heterocycles. The first kappa shape index (κ1) is 13.3. The van der Waals surface area contributed by atoms with Gasteiger partial charge in [0.25, 0.3) is 0 Å². The summed E-state index contributed by atoms with van der Waals surface area (Å²) in [7, 11) is 0. The first-order valence-electron chi connectivity index (χ1n) is 7.35. The van der Waals surface area contributed by atoms with E-state index in [0.29, 0.717) is 0 Å². The lowest BCUT2D eigenvalue weighted by molar-refractivity contribution is 0.115. The van der Waals surface area contributed by atoms with Crippen molar-refractivity contribution in [3.63, 3.8) is 0 Å². The summed E-state index contributed by atoms with van der Waals surface area (Å²) in [6.07, 6.45) is 1.77. The minimum absolute atomic E-state index is 0.391. The molecule has 1 atom stereocenters. The minimum Gasteiger partial charge on any atom is -0.387 e. The Morgan fingerprint density at radius 1 is 0.850 bits per heavy atom. The highest BCUT2D eigenvalue weighted by atomic mass is 16.3. The fraction of sp³-hybridized carbons (Fsp3) is 0.333. The topological polar surface area (TPSA) is 23.5 Å². The summed E-state index contributed by atoms with van der Waals surface area (Å²) in [5, 5.41) is 10.3. The Bertz CT molecular complexity index is 525. The third kappa shape index (κ3) is 3.09. The van der Waals surface area contributed by atoms with Crippen molar-refractivity contribution in [2.45, 2.75) is 18.9 Å². The molecule has 2 aromatic rings. The number of rotatable bonds is 3. The number of aliphatic hydroxyl groups excluding tert-OH is 1. The maximum absolute atomic E-state index is 10.3. The van der Waals surface area contributed by atoms with Gasteiger partial charge in [-0.15, -0.1) is 0 Å². The molecule has 0 radical (unpaired) electrons. The molecule has 1 N–H and O–H groups in total. The van der Waals surface area contributed by atoms with E-state index >= 15 is 0 Å². The van der Waals surface area contributed by atoms with E-state index in [1.165, 1.54) is 11.1 Å². The summed E-state index contributed by atoms with van der Waals surface area (Å²) in [6, 6.07) is 18.6. The number of aliphatic hydroxyl groups is 1. The van der Waals surface area contributed by atoms with E-state index in [1.807, 2.05) is 30.3 Å². The largest absolute Gasteiger partial charge is 0.387 e. The Kier molecular flexibility index (Phi) is 4.14. The van der Waals surface area contributed by atoms with Crippen LogP contribution in [-0.2, 0) is 12.8 Å². The van der Waals surface area contributed by atoms with Crippen LogP contribution in [0, 0.1) is 0 Å². The van der Waals surface area contributed by atoms with E-state index in [-0.39, 0.29) is 0 Å². The van der Waals surface area contributed by atoms with Gasteiger partial charge in [0, 0.05) is 19.6 Å². The van der Waals surface area contributed by atoms with Gasteiger partial charge in [0.05, 0.1) is 6.10 Å². The van der Waals surface area contributed by atoms with E-state index < -0.39 is 6.10 Å². The van der Waals surface area contributed by atoms with Crippen molar-refractivity contribution in [3.05, 3.63) is 71.3 Å². The second kappa shape index (κ2) is 6.21. The molecule has 1 aliphatic rings. The highest BCUT2D eigenvalue weighted by molar-refractivity contribution is 5.28. The van der Waals surface area contributed by atoms with E-state index in [4.69, 9.17) is 0 Å². The number of fused-ring (bicyclic) bond motifs is 1. The lowest BCUT2D eigenvalue weighted by Gasteiger charge is -2.23. The van der Waals surface area contributed by atoms with E-state index in [9.17, 15) is 5.11 Å². The number of β-amino-alcohol motifs (C(OH)–C–C–N with tert-alkyl or cyclic N) is 1. The van der Waals surface area contributed by atoms with E-state index in [1.54, 1.807) is 0 Å². The molecule has 20 heavy (non-hydrogen) atoms. The monoisotopic (exact) mass is 267 g/mol. The maximum atomic E-state index is 10.3. The van der Waals surface area contributed by atoms with Crippen molar-refractivity contribution in [1.29, 1.82) is 0 Å². The molecule has 1 heterocycles. The molecule has 0 saturated carbocycles. The Hall–Kier alpha value is -1.64. The van der Waals surface area contributed by atoms with Gasteiger partial charge >= 0.3 is 0 Å². The molecule has 104 valence electrons. The Balaban J connectivity index is 1.63. The quantitative estimate of drug-likeness (QED) is 0.924. The number of nitrogens with zero attached hydrogens (tertiary/aromatic N) is 1.